The predicted octanol–water partition coefficient (Wildman–Crippen LogP) is 3.16. The first-order valence-corrected chi connectivity index (χ1v) is 6.87. The molecule has 0 saturated heterocycles. The van der Waals surface area contributed by atoms with Crippen LogP contribution in [0.2, 0.25) is 0 Å². The molecule has 0 spiro atoms. The highest BCUT2D eigenvalue weighted by Crippen LogP contribution is 2.27. The Hall–Kier alpha value is -0.550. The Labute approximate surface area is 125 Å². The molecular weight excluding hydrogens is 310 g/mol. The van der Waals surface area contributed by atoms with Crippen LogP contribution in [0.3, 0.4) is 0 Å². The van der Waals surface area contributed by atoms with Gasteiger partial charge in [0.15, 0.2) is 5.96 Å². The van der Waals surface area contributed by atoms with Crippen LogP contribution in [-0.4, -0.2) is 19.0 Å². The molecule has 0 amide bonds. The molecule has 0 fully saturated rings. The fraction of sp³-hybridized carbons (Fsp3) is 0.615. The van der Waals surface area contributed by atoms with E-state index >= 15 is 0 Å². The molecule has 18 heavy (non-hydrogen) atoms. The molecule has 1 aromatic heterocycles. The Kier molecular flexibility index (Phi) is 7.55. The minimum absolute atomic E-state index is 0. The zero-order chi connectivity index (χ0) is 12.9. The van der Waals surface area contributed by atoms with Gasteiger partial charge in [0.2, 0.25) is 0 Å². The van der Waals surface area contributed by atoms with E-state index in [1.54, 1.807) is 11.3 Å². The van der Waals surface area contributed by atoms with Crippen molar-refractivity contribution in [3.05, 3.63) is 22.4 Å². The van der Waals surface area contributed by atoms with E-state index in [0.717, 1.165) is 6.54 Å². The third-order valence-corrected chi connectivity index (χ3v) is 3.76. The van der Waals surface area contributed by atoms with Gasteiger partial charge in [-0.2, -0.15) is 0 Å². The van der Waals surface area contributed by atoms with Crippen LogP contribution in [0, 0.1) is 5.92 Å². The summed E-state index contributed by atoms with van der Waals surface area (Å²) in [5.41, 5.74) is 5.88. The van der Waals surface area contributed by atoms with Crippen LogP contribution in [0.25, 0.3) is 0 Å². The largest absolute Gasteiger partial charge is 0.370 e. The molecule has 0 radical (unpaired) electrons. The van der Waals surface area contributed by atoms with Gasteiger partial charge in [-0.05, 0) is 17.4 Å². The maximum Gasteiger partial charge on any atom is 0.188 e. The molecule has 3 N–H and O–H groups in total. The predicted molar refractivity (Wildman–Crippen MR) is 87.0 cm³/mol. The first-order chi connectivity index (χ1) is 7.92. The van der Waals surface area contributed by atoms with Crippen molar-refractivity contribution in [3.8, 4) is 0 Å². The second-order valence-corrected chi connectivity index (χ2v) is 6.29. The number of nitrogens with two attached hydrogens (primary N) is 1. The Morgan fingerprint density at radius 1 is 1.50 bits per heavy atom. The highest BCUT2D eigenvalue weighted by atomic mass is 79.9. The number of nitrogens with zero attached hydrogens (tertiary/aromatic N) is 1. The van der Waals surface area contributed by atoms with E-state index in [9.17, 15) is 0 Å². The molecule has 3 nitrogen and oxygen atoms in total. The molecule has 0 aliphatic heterocycles. The second-order valence-electron chi connectivity index (χ2n) is 5.34. The third kappa shape index (κ3) is 5.87. The number of guanidine groups is 1. The summed E-state index contributed by atoms with van der Waals surface area (Å²) in [5.74, 6) is 1.12. The topological polar surface area (TPSA) is 50.4 Å². The van der Waals surface area contributed by atoms with Crippen molar-refractivity contribution in [2.45, 2.75) is 33.1 Å². The number of halogens is 1. The molecule has 0 saturated carbocycles. The smallest absolute Gasteiger partial charge is 0.188 e. The van der Waals surface area contributed by atoms with E-state index in [1.807, 2.05) is 0 Å². The summed E-state index contributed by atoms with van der Waals surface area (Å²) in [6, 6.07) is 4.23. The van der Waals surface area contributed by atoms with E-state index in [0.29, 0.717) is 18.4 Å². The number of hydrogen-bond acceptors (Lipinski definition) is 2. The Morgan fingerprint density at radius 2 is 2.17 bits per heavy atom. The fourth-order valence-corrected chi connectivity index (χ4v) is 2.23. The SMILES string of the molecule is Br.CC(C)CNC(N)=NCC(C)(C)c1cccs1. The zero-order valence-electron chi connectivity index (χ0n) is 11.6. The number of hydrogen-bond donors (Lipinski definition) is 2. The van der Waals surface area contributed by atoms with Gasteiger partial charge in [-0.15, -0.1) is 28.3 Å². The lowest BCUT2D eigenvalue weighted by molar-refractivity contribution is 0.548. The Morgan fingerprint density at radius 3 is 2.67 bits per heavy atom. The molecule has 0 unspecified atom stereocenters. The average Bonchev–Trinajstić information content (AvgIpc) is 2.77. The summed E-state index contributed by atoms with van der Waals surface area (Å²) >= 11 is 1.77. The summed E-state index contributed by atoms with van der Waals surface area (Å²) in [6.07, 6.45) is 0. The van der Waals surface area contributed by atoms with E-state index in [-0.39, 0.29) is 22.4 Å². The monoisotopic (exact) mass is 333 g/mol. The average molecular weight is 334 g/mol. The van der Waals surface area contributed by atoms with Crippen LogP contribution in [0.4, 0.5) is 0 Å². The van der Waals surface area contributed by atoms with Gasteiger partial charge in [0.25, 0.3) is 0 Å². The quantitative estimate of drug-likeness (QED) is 0.642. The van der Waals surface area contributed by atoms with Crippen LogP contribution in [-0.2, 0) is 5.41 Å². The van der Waals surface area contributed by atoms with Crippen molar-refractivity contribution in [2.24, 2.45) is 16.6 Å². The summed E-state index contributed by atoms with van der Waals surface area (Å²) in [7, 11) is 0. The fourth-order valence-electron chi connectivity index (χ4n) is 1.39. The number of aliphatic imine (C=N–C) groups is 1. The first-order valence-electron chi connectivity index (χ1n) is 5.99. The molecule has 1 aromatic rings. The highest BCUT2D eigenvalue weighted by molar-refractivity contribution is 8.93. The summed E-state index contributed by atoms with van der Waals surface area (Å²) in [5, 5.41) is 5.23. The van der Waals surface area contributed by atoms with Gasteiger partial charge in [0.1, 0.15) is 0 Å². The first kappa shape index (κ1) is 17.4. The van der Waals surface area contributed by atoms with Crippen molar-refractivity contribution in [2.75, 3.05) is 13.1 Å². The molecule has 0 atom stereocenters. The molecule has 1 rings (SSSR count). The molecule has 1 heterocycles. The Balaban J connectivity index is 0.00000289. The maximum absolute atomic E-state index is 5.82. The summed E-state index contributed by atoms with van der Waals surface area (Å²) < 4.78 is 0. The second kappa shape index (κ2) is 7.79. The standard InChI is InChI=1S/C13H23N3S.BrH/c1-10(2)8-15-12(14)16-9-13(3,4)11-6-5-7-17-11;/h5-7,10H,8-9H2,1-4H3,(H3,14,15,16);1H. The van der Waals surface area contributed by atoms with Gasteiger partial charge in [-0.3, -0.25) is 4.99 Å². The number of thiophene rings is 1. The van der Waals surface area contributed by atoms with Gasteiger partial charge >= 0.3 is 0 Å². The molecule has 0 aromatic carbocycles. The highest BCUT2D eigenvalue weighted by Gasteiger charge is 2.21. The van der Waals surface area contributed by atoms with Gasteiger partial charge in [-0.25, -0.2) is 0 Å². The lowest BCUT2D eigenvalue weighted by atomic mass is 9.92. The van der Waals surface area contributed by atoms with Gasteiger partial charge in [0, 0.05) is 16.8 Å². The van der Waals surface area contributed by atoms with E-state index in [1.165, 1.54) is 4.88 Å². The van der Waals surface area contributed by atoms with E-state index < -0.39 is 0 Å². The molecule has 0 aliphatic carbocycles. The van der Waals surface area contributed by atoms with Crippen molar-refractivity contribution >= 4 is 34.3 Å². The third-order valence-electron chi connectivity index (χ3n) is 2.52. The molecule has 0 bridgehead atoms. The van der Waals surface area contributed by atoms with Crippen LogP contribution >= 0.6 is 28.3 Å². The van der Waals surface area contributed by atoms with Crippen molar-refractivity contribution in [1.29, 1.82) is 0 Å². The molecular formula is C13H24BrN3S. The minimum atomic E-state index is 0. The van der Waals surface area contributed by atoms with Crippen molar-refractivity contribution in [1.82, 2.24) is 5.32 Å². The van der Waals surface area contributed by atoms with Crippen molar-refractivity contribution < 1.29 is 0 Å². The number of rotatable bonds is 5. The Bertz CT molecular complexity index is 358. The zero-order valence-corrected chi connectivity index (χ0v) is 14.1. The van der Waals surface area contributed by atoms with Crippen LogP contribution in [0.1, 0.15) is 32.6 Å². The molecule has 104 valence electrons. The minimum Gasteiger partial charge on any atom is -0.370 e. The van der Waals surface area contributed by atoms with Gasteiger partial charge in [0.05, 0.1) is 6.54 Å². The molecule has 0 aliphatic rings. The normalized spacial score (nSPS) is 12.4. The maximum atomic E-state index is 5.82. The summed E-state index contributed by atoms with van der Waals surface area (Å²) in [6.45, 7) is 10.3. The van der Waals surface area contributed by atoms with E-state index in [4.69, 9.17) is 5.73 Å². The van der Waals surface area contributed by atoms with Gasteiger partial charge in [-0.1, -0.05) is 33.8 Å². The van der Waals surface area contributed by atoms with Gasteiger partial charge < -0.3 is 11.1 Å². The lowest BCUT2D eigenvalue weighted by Gasteiger charge is -2.21. The van der Waals surface area contributed by atoms with Crippen LogP contribution in [0.15, 0.2) is 22.5 Å². The molecule has 5 heteroatoms. The van der Waals surface area contributed by atoms with Crippen LogP contribution < -0.4 is 11.1 Å². The van der Waals surface area contributed by atoms with E-state index in [2.05, 4.69) is 55.5 Å². The van der Waals surface area contributed by atoms with Crippen LogP contribution in [0.5, 0.6) is 0 Å². The lowest BCUT2D eigenvalue weighted by Crippen LogP contribution is -2.35. The van der Waals surface area contributed by atoms with Crippen molar-refractivity contribution in [3.63, 3.8) is 0 Å². The number of nitrogens with one attached hydrogen (secondary N) is 1. The summed E-state index contributed by atoms with van der Waals surface area (Å²) in [4.78, 5) is 5.76.